The number of allylic oxidation sites excluding steroid dienone is 3. The fraction of sp³-hybridized carbons (Fsp3) is 0.500. The molecule has 1 aliphatic carbocycles. The van der Waals surface area contributed by atoms with Crippen molar-refractivity contribution in [2.45, 2.75) is 58.5 Å². The summed E-state index contributed by atoms with van der Waals surface area (Å²) in [6.45, 7) is 6.92. The summed E-state index contributed by atoms with van der Waals surface area (Å²) in [5.74, 6) is -0.759. The first-order chi connectivity index (χ1) is 14.2. The topological polar surface area (TPSA) is 84.9 Å². The number of aromatic hydroxyl groups is 1. The van der Waals surface area contributed by atoms with E-state index >= 15 is 0 Å². The normalized spacial score (nSPS) is 25.8. The van der Waals surface area contributed by atoms with Crippen molar-refractivity contribution < 1.29 is 24.2 Å². The number of benzene rings is 1. The van der Waals surface area contributed by atoms with Crippen molar-refractivity contribution in [3.8, 4) is 5.75 Å². The zero-order valence-corrected chi connectivity index (χ0v) is 17.8. The van der Waals surface area contributed by atoms with Crippen LogP contribution in [0.4, 0.5) is 0 Å². The van der Waals surface area contributed by atoms with Crippen LogP contribution in [0.15, 0.2) is 46.8 Å². The molecule has 2 atom stereocenters. The van der Waals surface area contributed by atoms with Crippen LogP contribution in [-0.2, 0) is 19.1 Å². The number of phenols is 1. The molecule has 1 saturated heterocycles. The summed E-state index contributed by atoms with van der Waals surface area (Å²) in [4.78, 5) is 26.4. The molecule has 4 rings (SSSR count). The summed E-state index contributed by atoms with van der Waals surface area (Å²) < 4.78 is 11.2. The SMILES string of the molecule is CC1=C(C(=O)OC[C@@H]2CCCO2)[C@H](c2ccc(O)cc2)C2=C(CC(C)(C)CC2=O)N1. The van der Waals surface area contributed by atoms with Gasteiger partial charge in [-0.25, -0.2) is 4.79 Å². The van der Waals surface area contributed by atoms with Crippen molar-refractivity contribution in [1.29, 1.82) is 0 Å². The highest BCUT2D eigenvalue weighted by atomic mass is 16.6. The molecule has 1 fully saturated rings. The van der Waals surface area contributed by atoms with Crippen molar-refractivity contribution in [2.75, 3.05) is 13.2 Å². The van der Waals surface area contributed by atoms with E-state index in [1.807, 2.05) is 6.92 Å². The van der Waals surface area contributed by atoms with Gasteiger partial charge < -0.3 is 19.9 Å². The average molecular weight is 411 g/mol. The second-order valence-corrected chi connectivity index (χ2v) is 9.25. The Kier molecular flexibility index (Phi) is 5.45. The number of ether oxygens (including phenoxy) is 2. The van der Waals surface area contributed by atoms with Crippen LogP contribution in [0.5, 0.6) is 5.75 Å². The molecular weight excluding hydrogens is 382 g/mol. The second-order valence-electron chi connectivity index (χ2n) is 9.25. The first-order valence-corrected chi connectivity index (χ1v) is 10.6. The van der Waals surface area contributed by atoms with Gasteiger partial charge >= 0.3 is 5.97 Å². The van der Waals surface area contributed by atoms with E-state index in [4.69, 9.17) is 9.47 Å². The largest absolute Gasteiger partial charge is 0.508 e. The Hall–Kier alpha value is -2.60. The minimum Gasteiger partial charge on any atom is -0.508 e. The predicted molar refractivity (Wildman–Crippen MR) is 112 cm³/mol. The number of nitrogens with one attached hydrogen (secondary N) is 1. The molecule has 1 aromatic rings. The van der Waals surface area contributed by atoms with Gasteiger partial charge in [-0.1, -0.05) is 26.0 Å². The third-order valence-corrected chi connectivity index (χ3v) is 6.11. The molecule has 0 unspecified atom stereocenters. The molecule has 3 aliphatic rings. The van der Waals surface area contributed by atoms with Gasteiger partial charge in [-0.2, -0.15) is 0 Å². The van der Waals surface area contributed by atoms with Gasteiger partial charge in [0.15, 0.2) is 5.78 Å². The Morgan fingerprint density at radius 1 is 1.27 bits per heavy atom. The van der Waals surface area contributed by atoms with Crippen LogP contribution in [0, 0.1) is 5.41 Å². The molecule has 6 nitrogen and oxygen atoms in total. The van der Waals surface area contributed by atoms with Crippen LogP contribution >= 0.6 is 0 Å². The van der Waals surface area contributed by atoms with Crippen LogP contribution in [0.3, 0.4) is 0 Å². The second kappa shape index (κ2) is 7.91. The fourth-order valence-corrected chi connectivity index (χ4v) is 4.73. The van der Waals surface area contributed by atoms with Crippen molar-refractivity contribution >= 4 is 11.8 Å². The number of carbonyl (C=O) groups excluding carboxylic acids is 2. The third-order valence-electron chi connectivity index (χ3n) is 6.11. The Balaban J connectivity index is 1.71. The van der Waals surface area contributed by atoms with Gasteiger partial charge in [0.05, 0.1) is 11.7 Å². The summed E-state index contributed by atoms with van der Waals surface area (Å²) in [7, 11) is 0. The van der Waals surface area contributed by atoms with Crippen molar-refractivity contribution in [3.05, 3.63) is 52.4 Å². The van der Waals surface area contributed by atoms with E-state index in [-0.39, 0.29) is 29.7 Å². The maximum absolute atomic E-state index is 13.2. The van der Waals surface area contributed by atoms with Gasteiger partial charge in [0, 0.05) is 35.9 Å². The van der Waals surface area contributed by atoms with E-state index in [9.17, 15) is 14.7 Å². The first-order valence-electron chi connectivity index (χ1n) is 10.6. The zero-order chi connectivity index (χ0) is 21.5. The minimum atomic E-state index is -0.512. The van der Waals surface area contributed by atoms with Crippen LogP contribution in [0.25, 0.3) is 0 Å². The van der Waals surface area contributed by atoms with Gasteiger partial charge in [-0.05, 0) is 49.3 Å². The molecular formula is C24H29NO5. The minimum absolute atomic E-state index is 0.0451. The number of phenolic OH excluding ortho intramolecular Hbond substituents is 1. The highest BCUT2D eigenvalue weighted by Gasteiger charge is 2.43. The van der Waals surface area contributed by atoms with Gasteiger partial charge in [0.25, 0.3) is 0 Å². The number of dihydropyridines is 1. The molecule has 0 radical (unpaired) electrons. The average Bonchev–Trinajstić information content (AvgIpc) is 3.18. The summed E-state index contributed by atoms with van der Waals surface area (Å²) in [5.41, 5.74) is 3.32. The Labute approximate surface area is 176 Å². The lowest BCUT2D eigenvalue weighted by Gasteiger charge is -2.39. The van der Waals surface area contributed by atoms with Crippen LogP contribution in [0.1, 0.15) is 57.9 Å². The van der Waals surface area contributed by atoms with E-state index < -0.39 is 11.9 Å². The summed E-state index contributed by atoms with van der Waals surface area (Å²) >= 11 is 0. The summed E-state index contributed by atoms with van der Waals surface area (Å²) in [5, 5.41) is 13.1. The monoisotopic (exact) mass is 411 g/mol. The van der Waals surface area contributed by atoms with Crippen LogP contribution in [0.2, 0.25) is 0 Å². The molecule has 30 heavy (non-hydrogen) atoms. The quantitative estimate of drug-likeness (QED) is 0.735. The molecule has 6 heteroatoms. The van der Waals surface area contributed by atoms with Gasteiger partial charge in [0.2, 0.25) is 0 Å². The Morgan fingerprint density at radius 2 is 2.00 bits per heavy atom. The Bertz CT molecular complexity index is 919. The van der Waals surface area contributed by atoms with Gasteiger partial charge in [0.1, 0.15) is 12.4 Å². The van der Waals surface area contributed by atoms with Crippen molar-refractivity contribution in [1.82, 2.24) is 5.32 Å². The standard InChI is InChI=1S/C24H29NO5/c1-14-20(23(28)30-13-17-5-4-10-29-17)21(15-6-8-16(26)9-7-15)22-18(25-14)11-24(2,3)12-19(22)27/h6-9,17,21,25-26H,4-5,10-13H2,1-3H3/t17-,21-/m0/s1. The number of carbonyl (C=O) groups is 2. The zero-order valence-electron chi connectivity index (χ0n) is 17.8. The number of esters is 1. The molecule has 0 spiro atoms. The number of hydrogen-bond acceptors (Lipinski definition) is 6. The molecule has 2 heterocycles. The lowest BCUT2D eigenvalue weighted by Crippen LogP contribution is -2.39. The van der Waals surface area contributed by atoms with Crippen LogP contribution in [-0.4, -0.2) is 36.2 Å². The molecule has 160 valence electrons. The van der Waals surface area contributed by atoms with Crippen molar-refractivity contribution in [2.24, 2.45) is 5.41 Å². The van der Waals surface area contributed by atoms with E-state index in [2.05, 4.69) is 19.2 Å². The molecule has 1 aromatic carbocycles. The molecule has 2 aliphatic heterocycles. The van der Waals surface area contributed by atoms with Crippen molar-refractivity contribution in [3.63, 3.8) is 0 Å². The first kappa shape index (κ1) is 20.7. The summed E-state index contributed by atoms with van der Waals surface area (Å²) in [6.07, 6.45) is 2.96. The molecule has 0 aromatic heterocycles. The fourth-order valence-electron chi connectivity index (χ4n) is 4.73. The lowest BCUT2D eigenvalue weighted by atomic mass is 9.68. The maximum atomic E-state index is 13.2. The highest BCUT2D eigenvalue weighted by Crippen LogP contribution is 2.46. The van der Waals surface area contributed by atoms with Crippen LogP contribution < -0.4 is 5.32 Å². The smallest absolute Gasteiger partial charge is 0.336 e. The third kappa shape index (κ3) is 4.01. The maximum Gasteiger partial charge on any atom is 0.336 e. The van der Waals surface area contributed by atoms with Gasteiger partial charge in [-0.3, -0.25) is 4.79 Å². The number of rotatable bonds is 4. The van der Waals surface area contributed by atoms with E-state index in [0.29, 0.717) is 29.9 Å². The Morgan fingerprint density at radius 3 is 2.67 bits per heavy atom. The van der Waals surface area contributed by atoms with E-state index in [1.54, 1.807) is 24.3 Å². The number of Topliss-reactive ketones (excluding diaryl/α,β-unsaturated/α-hetero) is 1. The molecule has 0 amide bonds. The summed E-state index contributed by atoms with van der Waals surface area (Å²) in [6, 6.07) is 6.70. The number of ketones is 1. The van der Waals surface area contributed by atoms with Gasteiger partial charge in [-0.15, -0.1) is 0 Å². The van der Waals surface area contributed by atoms with E-state index in [0.717, 1.165) is 30.5 Å². The number of hydrogen-bond donors (Lipinski definition) is 2. The molecule has 0 bridgehead atoms. The van der Waals surface area contributed by atoms with E-state index in [1.165, 1.54) is 0 Å². The highest BCUT2D eigenvalue weighted by molar-refractivity contribution is 6.04. The molecule has 2 N–H and O–H groups in total. The lowest BCUT2D eigenvalue weighted by molar-refractivity contribution is -0.142. The molecule has 0 saturated carbocycles. The predicted octanol–water partition coefficient (Wildman–Crippen LogP) is 3.72.